The Morgan fingerprint density at radius 1 is 1.14 bits per heavy atom. The summed E-state index contributed by atoms with van der Waals surface area (Å²) in [6, 6.07) is 3.52. The van der Waals surface area contributed by atoms with Gasteiger partial charge in [-0.15, -0.1) is 0 Å². The number of aliphatic hydroxyl groups excluding tert-OH is 3. The van der Waals surface area contributed by atoms with Crippen molar-refractivity contribution in [2.75, 3.05) is 26.4 Å². The molecule has 36 heavy (non-hydrogen) atoms. The number of likely N-dealkylation sites (tertiary alicyclic amines) is 1. The number of aliphatic hydroxyl groups is 3. The second kappa shape index (κ2) is 11.0. The second-order valence-corrected chi connectivity index (χ2v) is 10.2. The van der Waals surface area contributed by atoms with E-state index < -0.39 is 36.1 Å². The summed E-state index contributed by atoms with van der Waals surface area (Å²) < 4.78 is 16.2. The van der Waals surface area contributed by atoms with Gasteiger partial charge in [-0.3, -0.25) is 14.5 Å². The summed E-state index contributed by atoms with van der Waals surface area (Å²) in [6.07, 6.45) is 1.11. The monoisotopic (exact) mass is 506 g/mol. The molecule has 4 fully saturated rings. The molecule has 0 aromatic carbocycles. The average Bonchev–Trinajstić information content (AvgIpc) is 3.62. The molecule has 0 unspecified atom stereocenters. The number of nitrogens with zero attached hydrogens (tertiary/aromatic N) is 2. The third-order valence-corrected chi connectivity index (χ3v) is 7.86. The highest BCUT2D eigenvalue weighted by Crippen LogP contribution is 2.49. The number of carbonyl (C=O) groups excluding carboxylic acids is 2. The second-order valence-electron chi connectivity index (χ2n) is 10.2. The van der Waals surface area contributed by atoms with Crippen LogP contribution in [0.1, 0.15) is 37.9 Å². The number of ether oxygens (including phenoxy) is 2. The van der Waals surface area contributed by atoms with Crippen LogP contribution in [-0.4, -0.2) is 88.5 Å². The molecule has 198 valence electrons. The number of rotatable bonds is 9. The number of furan rings is 1. The molecule has 3 N–H and O–H groups in total. The Bertz CT molecular complexity index is 945. The van der Waals surface area contributed by atoms with Gasteiger partial charge in [0, 0.05) is 24.9 Å². The fraction of sp³-hybridized carbons (Fsp3) is 0.720. The number of imide groups is 1. The summed E-state index contributed by atoms with van der Waals surface area (Å²) in [5.74, 6) is -1.98. The number of carbonyl (C=O) groups is 2. The fourth-order valence-corrected chi connectivity index (χ4v) is 6.16. The Kier molecular flexibility index (Phi) is 7.73. The van der Waals surface area contributed by atoms with Crippen LogP contribution in [0.3, 0.4) is 0 Å². The first kappa shape index (κ1) is 25.3. The summed E-state index contributed by atoms with van der Waals surface area (Å²) in [6.45, 7) is 1.01. The highest BCUT2D eigenvalue weighted by Gasteiger charge is 2.59. The maximum absolute atomic E-state index is 13.4. The van der Waals surface area contributed by atoms with Gasteiger partial charge in [-0.2, -0.15) is 0 Å². The molecular formula is C25H34N2O9. The van der Waals surface area contributed by atoms with E-state index in [9.17, 15) is 24.9 Å². The van der Waals surface area contributed by atoms with Gasteiger partial charge >= 0.3 is 0 Å². The van der Waals surface area contributed by atoms with E-state index in [0.717, 1.165) is 12.8 Å². The third kappa shape index (κ3) is 5.08. The molecule has 8 atom stereocenters. The molecule has 2 aliphatic carbocycles. The molecule has 1 aromatic heterocycles. The number of hydrogen-bond donors (Lipinski definition) is 3. The first-order valence-corrected chi connectivity index (χ1v) is 12.7. The van der Waals surface area contributed by atoms with Gasteiger partial charge in [0.1, 0.15) is 25.1 Å². The topological polar surface area (TPSA) is 151 Å². The van der Waals surface area contributed by atoms with Gasteiger partial charge in [0.2, 0.25) is 11.8 Å². The third-order valence-electron chi connectivity index (χ3n) is 7.86. The molecule has 5 rings (SSSR count). The minimum absolute atomic E-state index is 0.0276. The normalized spacial score (nSPS) is 36.2. The van der Waals surface area contributed by atoms with Crippen molar-refractivity contribution < 1.29 is 43.6 Å². The molecule has 2 saturated heterocycles. The number of oxime groups is 1. The Balaban J connectivity index is 1.21. The number of amides is 2. The fourth-order valence-electron chi connectivity index (χ4n) is 6.16. The van der Waals surface area contributed by atoms with E-state index in [2.05, 4.69) is 5.16 Å². The predicted octanol–water partition coefficient (Wildman–Crippen LogP) is 0.462. The molecule has 3 heterocycles. The Morgan fingerprint density at radius 3 is 2.72 bits per heavy atom. The van der Waals surface area contributed by atoms with Crippen LogP contribution in [0.15, 0.2) is 28.0 Å². The van der Waals surface area contributed by atoms with Gasteiger partial charge in [-0.25, -0.2) is 0 Å². The first-order chi connectivity index (χ1) is 17.4. The van der Waals surface area contributed by atoms with Gasteiger partial charge in [-0.1, -0.05) is 5.16 Å². The van der Waals surface area contributed by atoms with Gasteiger partial charge in [0.15, 0.2) is 0 Å². The van der Waals surface area contributed by atoms with Crippen molar-refractivity contribution in [3.8, 4) is 0 Å². The summed E-state index contributed by atoms with van der Waals surface area (Å²) >= 11 is 0. The standard InChI is InChI=1S/C25H34N2O9/c28-14(11-33-13-16-4-2-8-35-16)12-36-26-19-9-20(29)23(30)21-17(19)5-6-18-22(21)25(32)27(24(18)31)10-15-3-1-7-34-15/h2,4,8,14-15,17-18,20-23,28-30H,1,3,5-7,9-13H2/b26-19+/t14-,15-,17-,18+,20+,21-,22+,23+/m0/s1. The predicted molar refractivity (Wildman–Crippen MR) is 123 cm³/mol. The zero-order chi connectivity index (χ0) is 25.2. The minimum Gasteiger partial charge on any atom is -0.467 e. The molecule has 11 nitrogen and oxygen atoms in total. The minimum atomic E-state index is -1.14. The van der Waals surface area contributed by atoms with Crippen LogP contribution in [0.25, 0.3) is 0 Å². The van der Waals surface area contributed by atoms with Crippen molar-refractivity contribution >= 4 is 17.5 Å². The number of hydrogen-bond acceptors (Lipinski definition) is 10. The van der Waals surface area contributed by atoms with E-state index in [1.54, 1.807) is 18.4 Å². The van der Waals surface area contributed by atoms with Gasteiger partial charge in [0.25, 0.3) is 0 Å². The van der Waals surface area contributed by atoms with Crippen molar-refractivity contribution in [3.63, 3.8) is 0 Å². The van der Waals surface area contributed by atoms with E-state index in [0.29, 0.717) is 30.9 Å². The SMILES string of the molecule is O=C1[C@H]2[C@H]3[C@H](O)[C@H](O)C/C(=N\OC[C@@H](O)COCc4ccco4)[C@@H]3CC[C@H]2C(=O)N1C[C@@H]1CCCO1. The average molecular weight is 507 g/mol. The van der Waals surface area contributed by atoms with Crippen LogP contribution in [0.5, 0.6) is 0 Å². The lowest BCUT2D eigenvalue weighted by atomic mass is 9.60. The van der Waals surface area contributed by atoms with Gasteiger partial charge < -0.3 is 34.0 Å². The van der Waals surface area contributed by atoms with Crippen molar-refractivity contribution in [2.24, 2.45) is 28.8 Å². The zero-order valence-corrected chi connectivity index (χ0v) is 20.1. The quantitative estimate of drug-likeness (QED) is 0.320. The van der Waals surface area contributed by atoms with Crippen LogP contribution in [-0.2, 0) is 30.5 Å². The molecule has 4 aliphatic rings. The van der Waals surface area contributed by atoms with E-state index in [-0.39, 0.29) is 56.6 Å². The lowest BCUT2D eigenvalue weighted by molar-refractivity contribution is -0.143. The van der Waals surface area contributed by atoms with Crippen molar-refractivity contribution in [1.29, 1.82) is 0 Å². The molecule has 0 radical (unpaired) electrons. The highest BCUT2D eigenvalue weighted by molar-refractivity contribution is 6.06. The maximum Gasteiger partial charge on any atom is 0.233 e. The van der Waals surface area contributed by atoms with Crippen LogP contribution in [0.2, 0.25) is 0 Å². The van der Waals surface area contributed by atoms with E-state index in [4.69, 9.17) is 18.7 Å². The smallest absolute Gasteiger partial charge is 0.233 e. The van der Waals surface area contributed by atoms with Crippen molar-refractivity contribution in [3.05, 3.63) is 24.2 Å². The molecule has 0 spiro atoms. The Hall–Kier alpha value is -2.31. The largest absolute Gasteiger partial charge is 0.467 e. The molecular weight excluding hydrogens is 472 g/mol. The van der Waals surface area contributed by atoms with Crippen LogP contribution >= 0.6 is 0 Å². The van der Waals surface area contributed by atoms with Crippen LogP contribution in [0, 0.1) is 23.7 Å². The molecule has 0 bridgehead atoms. The Morgan fingerprint density at radius 2 is 1.97 bits per heavy atom. The van der Waals surface area contributed by atoms with Crippen molar-refractivity contribution in [1.82, 2.24) is 4.90 Å². The molecule has 2 aliphatic heterocycles. The summed E-state index contributed by atoms with van der Waals surface area (Å²) in [4.78, 5) is 33.2. The molecule has 11 heteroatoms. The number of fused-ring (bicyclic) bond motifs is 3. The van der Waals surface area contributed by atoms with E-state index >= 15 is 0 Å². The maximum atomic E-state index is 13.4. The lowest BCUT2D eigenvalue weighted by Gasteiger charge is -2.45. The molecule has 2 saturated carbocycles. The summed E-state index contributed by atoms with van der Waals surface area (Å²) in [5.41, 5.74) is 0.540. The van der Waals surface area contributed by atoms with Crippen LogP contribution in [0.4, 0.5) is 0 Å². The van der Waals surface area contributed by atoms with E-state index in [1.807, 2.05) is 0 Å². The van der Waals surface area contributed by atoms with E-state index in [1.165, 1.54) is 4.90 Å². The lowest BCUT2D eigenvalue weighted by Crippen LogP contribution is -2.54. The van der Waals surface area contributed by atoms with Crippen molar-refractivity contribution in [2.45, 2.75) is 63.1 Å². The highest BCUT2D eigenvalue weighted by atomic mass is 16.6. The zero-order valence-electron chi connectivity index (χ0n) is 20.1. The van der Waals surface area contributed by atoms with Crippen LogP contribution < -0.4 is 0 Å². The van der Waals surface area contributed by atoms with Gasteiger partial charge in [-0.05, 0) is 37.8 Å². The summed E-state index contributed by atoms with van der Waals surface area (Å²) in [5, 5.41) is 35.8. The first-order valence-electron chi connectivity index (χ1n) is 12.7. The summed E-state index contributed by atoms with van der Waals surface area (Å²) in [7, 11) is 0. The Labute approximate surface area is 209 Å². The van der Waals surface area contributed by atoms with Gasteiger partial charge in [0.05, 0.1) is 55.3 Å². The molecule has 1 aromatic rings. The molecule has 2 amide bonds.